The standard InChI is InChI=1S/C18H18O/c1-2-3-13-4-7-15(8-5-13)18(19)11-14-6-9-16-12-17(16)10-14/h2-10,16-17H,11-12H2,1H3/b3-2+. The first-order chi connectivity index (χ1) is 9.26. The van der Waals surface area contributed by atoms with Gasteiger partial charge in [0.1, 0.15) is 0 Å². The first-order valence-corrected chi connectivity index (χ1v) is 6.91. The Labute approximate surface area is 114 Å². The molecule has 0 N–H and O–H groups in total. The minimum atomic E-state index is 0.210. The SMILES string of the molecule is C/C=C/c1ccc(C(=O)CC2=CC3CC3C=C2)cc1. The smallest absolute Gasteiger partial charge is 0.167 e. The lowest BCUT2D eigenvalue weighted by atomic mass is 9.98. The number of benzene rings is 1. The molecule has 96 valence electrons. The molecule has 2 aliphatic carbocycles. The second kappa shape index (κ2) is 5.00. The Bertz CT molecular complexity index is 572. The summed E-state index contributed by atoms with van der Waals surface area (Å²) >= 11 is 0. The van der Waals surface area contributed by atoms with E-state index in [0.29, 0.717) is 12.3 Å². The summed E-state index contributed by atoms with van der Waals surface area (Å²) in [5, 5.41) is 0. The van der Waals surface area contributed by atoms with Crippen LogP contribution in [0.1, 0.15) is 35.7 Å². The van der Waals surface area contributed by atoms with E-state index in [0.717, 1.165) is 17.0 Å². The highest BCUT2D eigenvalue weighted by Gasteiger charge is 2.34. The van der Waals surface area contributed by atoms with Gasteiger partial charge in [0, 0.05) is 12.0 Å². The van der Waals surface area contributed by atoms with Crippen LogP contribution in [0.2, 0.25) is 0 Å². The van der Waals surface area contributed by atoms with E-state index in [1.807, 2.05) is 43.3 Å². The molecular weight excluding hydrogens is 232 g/mol. The molecule has 3 rings (SSSR count). The number of Topliss-reactive ketones (excluding diaryl/α,β-unsaturated/α-hetero) is 1. The summed E-state index contributed by atoms with van der Waals surface area (Å²) in [7, 11) is 0. The minimum absolute atomic E-state index is 0.210. The number of hydrogen-bond acceptors (Lipinski definition) is 1. The van der Waals surface area contributed by atoms with E-state index in [9.17, 15) is 4.79 Å². The molecule has 1 aromatic carbocycles. The highest BCUT2D eigenvalue weighted by Crippen LogP contribution is 2.44. The number of allylic oxidation sites excluding steroid dienone is 5. The highest BCUT2D eigenvalue weighted by molar-refractivity contribution is 5.98. The van der Waals surface area contributed by atoms with Gasteiger partial charge in [0.05, 0.1) is 0 Å². The van der Waals surface area contributed by atoms with Gasteiger partial charge in [-0.2, -0.15) is 0 Å². The highest BCUT2D eigenvalue weighted by atomic mass is 16.1. The molecule has 0 aliphatic heterocycles. The Morgan fingerprint density at radius 2 is 2.05 bits per heavy atom. The van der Waals surface area contributed by atoms with Crippen LogP contribution in [0.3, 0.4) is 0 Å². The van der Waals surface area contributed by atoms with Crippen molar-refractivity contribution in [3.8, 4) is 0 Å². The van der Waals surface area contributed by atoms with Crippen molar-refractivity contribution < 1.29 is 4.79 Å². The van der Waals surface area contributed by atoms with Crippen molar-refractivity contribution in [2.24, 2.45) is 11.8 Å². The maximum absolute atomic E-state index is 12.2. The summed E-state index contributed by atoms with van der Waals surface area (Å²) in [4.78, 5) is 12.2. The molecule has 0 heterocycles. The van der Waals surface area contributed by atoms with Crippen LogP contribution in [0, 0.1) is 11.8 Å². The maximum atomic E-state index is 12.2. The summed E-state index contributed by atoms with van der Waals surface area (Å²) in [5.41, 5.74) is 3.12. The van der Waals surface area contributed by atoms with Crippen LogP contribution < -0.4 is 0 Å². The van der Waals surface area contributed by atoms with Crippen LogP contribution in [0.5, 0.6) is 0 Å². The van der Waals surface area contributed by atoms with Crippen LogP contribution in [0.15, 0.2) is 54.1 Å². The summed E-state index contributed by atoms with van der Waals surface area (Å²) < 4.78 is 0. The average molecular weight is 250 g/mol. The molecule has 2 aliphatic rings. The predicted octanol–water partition coefficient (Wildman–Crippen LogP) is 4.42. The van der Waals surface area contributed by atoms with E-state index in [2.05, 4.69) is 18.2 Å². The van der Waals surface area contributed by atoms with Gasteiger partial charge in [-0.15, -0.1) is 0 Å². The first-order valence-electron chi connectivity index (χ1n) is 6.91. The molecule has 0 spiro atoms. The zero-order valence-corrected chi connectivity index (χ0v) is 11.2. The number of hydrogen-bond donors (Lipinski definition) is 0. The lowest BCUT2D eigenvalue weighted by Gasteiger charge is -2.06. The van der Waals surface area contributed by atoms with Gasteiger partial charge < -0.3 is 0 Å². The van der Waals surface area contributed by atoms with Crippen LogP contribution in [-0.4, -0.2) is 5.78 Å². The van der Waals surface area contributed by atoms with E-state index >= 15 is 0 Å². The van der Waals surface area contributed by atoms with Gasteiger partial charge in [0.25, 0.3) is 0 Å². The van der Waals surface area contributed by atoms with Crippen molar-refractivity contribution in [1.29, 1.82) is 0 Å². The van der Waals surface area contributed by atoms with E-state index < -0.39 is 0 Å². The normalized spacial score (nSPS) is 24.2. The monoisotopic (exact) mass is 250 g/mol. The third-order valence-electron chi connectivity index (χ3n) is 3.83. The molecule has 2 atom stereocenters. The summed E-state index contributed by atoms with van der Waals surface area (Å²) in [6.07, 6.45) is 12.5. The van der Waals surface area contributed by atoms with Gasteiger partial charge in [-0.25, -0.2) is 0 Å². The topological polar surface area (TPSA) is 17.1 Å². The van der Waals surface area contributed by atoms with E-state index in [-0.39, 0.29) is 5.78 Å². The van der Waals surface area contributed by atoms with Gasteiger partial charge in [0.2, 0.25) is 0 Å². The van der Waals surface area contributed by atoms with Crippen molar-refractivity contribution in [2.45, 2.75) is 19.8 Å². The van der Waals surface area contributed by atoms with Crippen molar-refractivity contribution in [1.82, 2.24) is 0 Å². The first kappa shape index (κ1) is 12.2. The molecule has 1 nitrogen and oxygen atoms in total. The average Bonchev–Trinajstić information content (AvgIpc) is 3.18. The quantitative estimate of drug-likeness (QED) is 0.723. The van der Waals surface area contributed by atoms with Gasteiger partial charge >= 0.3 is 0 Å². The molecule has 0 amide bonds. The fraction of sp³-hybridized carbons (Fsp3) is 0.278. The molecule has 0 bridgehead atoms. The molecule has 0 radical (unpaired) electrons. The lowest BCUT2D eigenvalue weighted by molar-refractivity contribution is 0.0993. The van der Waals surface area contributed by atoms with Crippen molar-refractivity contribution in [3.05, 3.63) is 65.3 Å². The Morgan fingerprint density at radius 3 is 2.74 bits per heavy atom. The molecule has 0 aromatic heterocycles. The molecule has 1 heteroatoms. The second-order valence-corrected chi connectivity index (χ2v) is 5.39. The summed E-state index contributed by atoms with van der Waals surface area (Å²) in [6.45, 7) is 1.99. The fourth-order valence-corrected chi connectivity index (χ4v) is 2.60. The number of rotatable bonds is 4. The molecule has 1 fully saturated rings. The molecule has 19 heavy (non-hydrogen) atoms. The molecule has 1 aromatic rings. The number of fused-ring (bicyclic) bond motifs is 1. The van der Waals surface area contributed by atoms with Crippen LogP contribution in [-0.2, 0) is 0 Å². The second-order valence-electron chi connectivity index (χ2n) is 5.39. The van der Waals surface area contributed by atoms with Crippen LogP contribution in [0.25, 0.3) is 6.08 Å². The van der Waals surface area contributed by atoms with Crippen LogP contribution in [0.4, 0.5) is 0 Å². The van der Waals surface area contributed by atoms with E-state index in [1.165, 1.54) is 12.0 Å². The Kier molecular flexibility index (Phi) is 3.20. The zero-order valence-electron chi connectivity index (χ0n) is 11.2. The molecular formula is C18H18O. The van der Waals surface area contributed by atoms with E-state index in [4.69, 9.17) is 0 Å². The van der Waals surface area contributed by atoms with Crippen molar-refractivity contribution in [3.63, 3.8) is 0 Å². The molecule has 0 saturated heterocycles. The minimum Gasteiger partial charge on any atom is -0.294 e. The predicted molar refractivity (Wildman–Crippen MR) is 78.9 cm³/mol. The Hall–Kier alpha value is -1.89. The Morgan fingerprint density at radius 1 is 1.26 bits per heavy atom. The largest absolute Gasteiger partial charge is 0.294 e. The van der Waals surface area contributed by atoms with Crippen molar-refractivity contribution in [2.75, 3.05) is 0 Å². The maximum Gasteiger partial charge on any atom is 0.167 e. The van der Waals surface area contributed by atoms with Gasteiger partial charge in [-0.05, 0) is 36.3 Å². The zero-order chi connectivity index (χ0) is 13.2. The van der Waals surface area contributed by atoms with Gasteiger partial charge in [-0.3, -0.25) is 4.79 Å². The van der Waals surface area contributed by atoms with Gasteiger partial charge in [-0.1, -0.05) is 54.6 Å². The fourth-order valence-electron chi connectivity index (χ4n) is 2.60. The summed E-state index contributed by atoms with van der Waals surface area (Å²) in [5.74, 6) is 1.69. The third kappa shape index (κ3) is 2.76. The molecule has 2 unspecified atom stereocenters. The molecule has 1 saturated carbocycles. The van der Waals surface area contributed by atoms with E-state index in [1.54, 1.807) is 0 Å². The summed E-state index contributed by atoms with van der Waals surface area (Å²) in [6, 6.07) is 7.83. The number of ketones is 1. The van der Waals surface area contributed by atoms with Crippen LogP contribution >= 0.6 is 0 Å². The third-order valence-corrected chi connectivity index (χ3v) is 3.83. The Balaban J connectivity index is 1.68. The lowest BCUT2D eigenvalue weighted by Crippen LogP contribution is -2.01. The number of carbonyl (C=O) groups excluding carboxylic acids is 1. The number of carbonyl (C=O) groups is 1. The van der Waals surface area contributed by atoms with Gasteiger partial charge in [0.15, 0.2) is 5.78 Å². The van der Waals surface area contributed by atoms with Crippen molar-refractivity contribution >= 4 is 11.9 Å².